The Morgan fingerprint density at radius 1 is 1.24 bits per heavy atom. The lowest BCUT2D eigenvalue weighted by molar-refractivity contribution is -0.128. The number of carbonyl (C=O) groups excluding carboxylic acids is 2. The van der Waals surface area contributed by atoms with E-state index < -0.39 is 0 Å². The molecule has 0 saturated carbocycles. The molecule has 0 radical (unpaired) electrons. The van der Waals surface area contributed by atoms with Crippen molar-refractivity contribution in [3.8, 4) is 11.6 Å². The van der Waals surface area contributed by atoms with Gasteiger partial charge in [0.25, 0.3) is 5.91 Å². The van der Waals surface area contributed by atoms with Gasteiger partial charge in [-0.2, -0.15) is 0 Å². The molecule has 1 aliphatic carbocycles. The molecule has 34 heavy (non-hydrogen) atoms. The molecule has 1 fully saturated rings. The average molecular weight is 464 g/mol. The van der Waals surface area contributed by atoms with E-state index in [4.69, 9.17) is 9.47 Å². The van der Waals surface area contributed by atoms with Crippen LogP contribution in [0.1, 0.15) is 60.1 Å². The van der Waals surface area contributed by atoms with Crippen LogP contribution in [0.4, 0.5) is 0 Å². The third kappa shape index (κ3) is 4.61. The van der Waals surface area contributed by atoms with Crippen molar-refractivity contribution >= 4 is 23.0 Å². The average Bonchev–Trinajstić information content (AvgIpc) is 3.47. The standard InChI is InChI=1S/C25H29N5O4/c1-2-9-26-25(32)19-13-27-23-22(19)30-21(14-28-23)34-17-5-3-15-4-6-20(18(15)12-17)29-24(31)16-7-10-33-11-8-16/h3,5,12-14,16,20H,2,4,6-11H2,1H3,(H,26,32)(H,27,28)(H,29,31)/t20-/m1/s1. The molecule has 0 bridgehead atoms. The number of ether oxygens (including phenoxy) is 2. The fourth-order valence-electron chi connectivity index (χ4n) is 4.60. The number of H-pyrrole nitrogens is 1. The molecule has 2 amide bonds. The number of benzene rings is 1. The van der Waals surface area contributed by atoms with Crippen LogP contribution in [0.25, 0.3) is 11.2 Å². The number of aromatic nitrogens is 3. The Morgan fingerprint density at radius 2 is 2.09 bits per heavy atom. The number of hydrogen-bond acceptors (Lipinski definition) is 6. The van der Waals surface area contributed by atoms with Crippen molar-refractivity contribution in [2.24, 2.45) is 5.92 Å². The van der Waals surface area contributed by atoms with Gasteiger partial charge in [0, 0.05) is 31.9 Å². The molecule has 5 rings (SSSR count). The second kappa shape index (κ2) is 9.80. The first-order valence-corrected chi connectivity index (χ1v) is 11.9. The number of nitrogens with zero attached hydrogens (tertiary/aromatic N) is 2. The Kier molecular flexibility index (Phi) is 6.44. The fourth-order valence-corrected chi connectivity index (χ4v) is 4.60. The van der Waals surface area contributed by atoms with E-state index in [0.29, 0.717) is 48.1 Å². The van der Waals surface area contributed by atoms with E-state index >= 15 is 0 Å². The number of amides is 2. The first-order chi connectivity index (χ1) is 16.6. The summed E-state index contributed by atoms with van der Waals surface area (Å²) in [5, 5.41) is 6.09. The van der Waals surface area contributed by atoms with E-state index in [9.17, 15) is 9.59 Å². The molecule has 3 N–H and O–H groups in total. The van der Waals surface area contributed by atoms with Crippen molar-refractivity contribution in [3.63, 3.8) is 0 Å². The Bertz CT molecular complexity index is 1200. The summed E-state index contributed by atoms with van der Waals surface area (Å²) in [5.41, 5.74) is 3.72. The number of carbonyl (C=O) groups is 2. The molecule has 0 spiro atoms. The van der Waals surface area contributed by atoms with Gasteiger partial charge in [-0.25, -0.2) is 9.97 Å². The van der Waals surface area contributed by atoms with Crippen LogP contribution in [0.5, 0.6) is 11.6 Å². The molecule has 2 aliphatic rings. The van der Waals surface area contributed by atoms with Gasteiger partial charge in [0.2, 0.25) is 11.8 Å². The number of hydrogen-bond donors (Lipinski definition) is 3. The first kappa shape index (κ1) is 22.3. The van der Waals surface area contributed by atoms with E-state index in [1.54, 1.807) is 6.20 Å². The largest absolute Gasteiger partial charge is 0.437 e. The molecule has 1 atom stereocenters. The third-order valence-corrected chi connectivity index (χ3v) is 6.47. The Labute approximate surface area is 197 Å². The van der Waals surface area contributed by atoms with E-state index in [-0.39, 0.29) is 23.8 Å². The minimum Gasteiger partial charge on any atom is -0.437 e. The van der Waals surface area contributed by atoms with Gasteiger partial charge in [-0.05, 0) is 55.4 Å². The van der Waals surface area contributed by atoms with Crippen LogP contribution in [0.3, 0.4) is 0 Å². The summed E-state index contributed by atoms with van der Waals surface area (Å²) >= 11 is 0. The maximum atomic E-state index is 12.7. The molecule has 178 valence electrons. The van der Waals surface area contributed by atoms with E-state index in [1.807, 2.05) is 25.1 Å². The maximum absolute atomic E-state index is 12.7. The molecule has 1 saturated heterocycles. The van der Waals surface area contributed by atoms with Crippen LogP contribution >= 0.6 is 0 Å². The molecule has 3 heterocycles. The molecular formula is C25H29N5O4. The summed E-state index contributed by atoms with van der Waals surface area (Å²) in [4.78, 5) is 37.0. The van der Waals surface area contributed by atoms with Crippen molar-refractivity contribution in [2.75, 3.05) is 19.8 Å². The topological polar surface area (TPSA) is 118 Å². The number of nitrogens with one attached hydrogen (secondary N) is 3. The SMILES string of the molecule is CCCNC(=O)c1c[nH]c2ncc(Oc3ccc4c(c3)[C@H](NC(=O)C3CCOCC3)CC4)nc12. The van der Waals surface area contributed by atoms with Crippen LogP contribution in [0.15, 0.2) is 30.6 Å². The van der Waals surface area contributed by atoms with Gasteiger partial charge >= 0.3 is 0 Å². The van der Waals surface area contributed by atoms with Crippen LogP contribution in [-0.2, 0) is 16.0 Å². The minimum absolute atomic E-state index is 0.0179. The summed E-state index contributed by atoms with van der Waals surface area (Å²) in [6, 6.07) is 5.88. The van der Waals surface area contributed by atoms with Gasteiger partial charge in [0.15, 0.2) is 5.65 Å². The minimum atomic E-state index is -0.194. The number of aromatic amines is 1. The van der Waals surface area contributed by atoms with Gasteiger partial charge in [0.05, 0.1) is 17.8 Å². The smallest absolute Gasteiger partial charge is 0.255 e. The van der Waals surface area contributed by atoms with Crippen molar-refractivity contribution in [1.82, 2.24) is 25.6 Å². The lowest BCUT2D eigenvalue weighted by atomic mass is 9.98. The van der Waals surface area contributed by atoms with E-state index in [2.05, 4.69) is 25.6 Å². The van der Waals surface area contributed by atoms with Gasteiger partial charge in [-0.15, -0.1) is 0 Å². The van der Waals surface area contributed by atoms with Crippen molar-refractivity contribution in [3.05, 3.63) is 47.3 Å². The second-order valence-electron chi connectivity index (χ2n) is 8.81. The second-order valence-corrected chi connectivity index (χ2v) is 8.81. The molecular weight excluding hydrogens is 434 g/mol. The summed E-state index contributed by atoms with van der Waals surface area (Å²) in [6.07, 6.45) is 7.33. The summed E-state index contributed by atoms with van der Waals surface area (Å²) < 4.78 is 11.4. The number of rotatable bonds is 7. The first-order valence-electron chi connectivity index (χ1n) is 11.9. The Balaban J connectivity index is 1.32. The fraction of sp³-hybridized carbons (Fsp3) is 0.440. The lowest BCUT2D eigenvalue weighted by Crippen LogP contribution is -2.36. The molecule has 1 aromatic carbocycles. The third-order valence-electron chi connectivity index (χ3n) is 6.47. The zero-order chi connectivity index (χ0) is 23.5. The van der Waals surface area contributed by atoms with Gasteiger partial charge < -0.3 is 25.1 Å². The maximum Gasteiger partial charge on any atom is 0.255 e. The highest BCUT2D eigenvalue weighted by molar-refractivity contribution is 6.04. The Hall–Kier alpha value is -3.46. The zero-order valence-corrected chi connectivity index (χ0v) is 19.2. The van der Waals surface area contributed by atoms with Gasteiger partial charge in [-0.1, -0.05) is 13.0 Å². The van der Waals surface area contributed by atoms with Gasteiger partial charge in [0.1, 0.15) is 11.3 Å². The molecule has 3 aromatic rings. The predicted octanol–water partition coefficient (Wildman–Crippen LogP) is 3.42. The monoisotopic (exact) mass is 463 g/mol. The number of fused-ring (bicyclic) bond motifs is 2. The van der Waals surface area contributed by atoms with Gasteiger partial charge in [-0.3, -0.25) is 9.59 Å². The van der Waals surface area contributed by atoms with E-state index in [0.717, 1.165) is 37.7 Å². The van der Waals surface area contributed by atoms with Crippen molar-refractivity contribution in [2.45, 2.75) is 45.1 Å². The summed E-state index contributed by atoms with van der Waals surface area (Å²) in [5.74, 6) is 0.846. The zero-order valence-electron chi connectivity index (χ0n) is 19.2. The van der Waals surface area contributed by atoms with Crippen LogP contribution in [0.2, 0.25) is 0 Å². The quantitative estimate of drug-likeness (QED) is 0.494. The molecule has 0 unspecified atom stereocenters. The van der Waals surface area contributed by atoms with Crippen molar-refractivity contribution in [1.29, 1.82) is 0 Å². The highest BCUT2D eigenvalue weighted by atomic mass is 16.5. The normalized spacial score (nSPS) is 18.0. The molecule has 9 heteroatoms. The molecule has 9 nitrogen and oxygen atoms in total. The molecule has 1 aliphatic heterocycles. The van der Waals surface area contributed by atoms with Crippen molar-refractivity contribution < 1.29 is 19.1 Å². The summed E-state index contributed by atoms with van der Waals surface area (Å²) in [7, 11) is 0. The molecule has 2 aromatic heterocycles. The van der Waals surface area contributed by atoms with E-state index in [1.165, 1.54) is 11.8 Å². The Morgan fingerprint density at radius 3 is 2.91 bits per heavy atom. The van der Waals surface area contributed by atoms with Crippen LogP contribution < -0.4 is 15.4 Å². The summed E-state index contributed by atoms with van der Waals surface area (Å²) in [6.45, 7) is 3.88. The lowest BCUT2D eigenvalue weighted by Gasteiger charge is -2.23. The van der Waals surface area contributed by atoms with Crippen LogP contribution in [-0.4, -0.2) is 46.5 Å². The number of aryl methyl sites for hydroxylation is 1. The highest BCUT2D eigenvalue weighted by Gasteiger charge is 2.28. The predicted molar refractivity (Wildman–Crippen MR) is 126 cm³/mol. The highest BCUT2D eigenvalue weighted by Crippen LogP contribution is 2.35. The van der Waals surface area contributed by atoms with Crippen LogP contribution in [0, 0.1) is 5.92 Å².